The summed E-state index contributed by atoms with van der Waals surface area (Å²) in [5.41, 5.74) is 6.66. The van der Waals surface area contributed by atoms with Crippen molar-refractivity contribution in [3.8, 4) is 0 Å². The second-order valence-corrected chi connectivity index (χ2v) is 7.48. The Morgan fingerprint density at radius 1 is 1.04 bits per heavy atom. The van der Waals surface area contributed by atoms with Gasteiger partial charge in [0.1, 0.15) is 11.6 Å². The summed E-state index contributed by atoms with van der Waals surface area (Å²) in [6.45, 7) is 11.9. The molecule has 0 amide bonds. The minimum Gasteiger partial charge on any atom is -0.300 e. The van der Waals surface area contributed by atoms with Crippen LogP contribution in [0.3, 0.4) is 0 Å². The lowest BCUT2D eigenvalue weighted by molar-refractivity contribution is -0.120. The fraction of sp³-hybridized carbons (Fsp3) is 0.375. The molecule has 26 heavy (non-hydrogen) atoms. The van der Waals surface area contributed by atoms with Crippen LogP contribution < -0.4 is 0 Å². The number of carbonyl (C=O) groups excluding carboxylic acids is 1. The lowest BCUT2D eigenvalue weighted by Crippen LogP contribution is -2.10. The number of hydrogen-bond donors (Lipinski definition) is 0. The molecule has 138 valence electrons. The van der Waals surface area contributed by atoms with E-state index in [2.05, 4.69) is 32.9 Å². The van der Waals surface area contributed by atoms with Gasteiger partial charge in [0.2, 0.25) is 0 Å². The first-order valence-electron chi connectivity index (χ1n) is 9.24. The third-order valence-corrected chi connectivity index (χ3v) is 5.36. The summed E-state index contributed by atoms with van der Waals surface area (Å²) in [6, 6.07) is 13.5. The van der Waals surface area contributed by atoms with Gasteiger partial charge in [-0.2, -0.15) is 0 Å². The monoisotopic (exact) mass is 352 g/mol. The highest BCUT2D eigenvalue weighted by atomic mass is 19.1. The van der Waals surface area contributed by atoms with Crippen molar-refractivity contribution in [1.29, 1.82) is 0 Å². The van der Waals surface area contributed by atoms with Gasteiger partial charge < -0.3 is 0 Å². The predicted octanol–water partition coefficient (Wildman–Crippen LogP) is 6.63. The van der Waals surface area contributed by atoms with Gasteiger partial charge in [-0.05, 0) is 74.1 Å². The van der Waals surface area contributed by atoms with Gasteiger partial charge in [0.15, 0.2) is 0 Å². The molecule has 2 aromatic rings. The van der Waals surface area contributed by atoms with E-state index in [1.54, 1.807) is 19.1 Å². The zero-order valence-electron chi connectivity index (χ0n) is 16.7. The highest BCUT2D eigenvalue weighted by Crippen LogP contribution is 2.36. The Labute approximate surface area is 157 Å². The second-order valence-electron chi connectivity index (χ2n) is 7.48. The maximum Gasteiger partial charge on any atom is 0.132 e. The van der Waals surface area contributed by atoms with Crippen LogP contribution in [0.2, 0.25) is 0 Å². The lowest BCUT2D eigenvalue weighted by Gasteiger charge is -2.22. The van der Waals surface area contributed by atoms with Crippen molar-refractivity contribution >= 4 is 11.4 Å². The number of halogens is 1. The fourth-order valence-electron chi connectivity index (χ4n) is 3.37. The quantitative estimate of drug-likeness (QED) is 0.570. The SMILES string of the molecule is CC(=O)C(C)C/C(=C(/C)C(C)c1cc(C)cc(F)c1)c1ccccc1C. The minimum atomic E-state index is -0.200. The van der Waals surface area contributed by atoms with Gasteiger partial charge in [0.25, 0.3) is 0 Å². The van der Waals surface area contributed by atoms with Crippen LogP contribution in [0, 0.1) is 25.6 Å². The maximum atomic E-state index is 13.9. The van der Waals surface area contributed by atoms with Gasteiger partial charge in [0.05, 0.1) is 0 Å². The normalized spacial score (nSPS) is 14.6. The smallest absolute Gasteiger partial charge is 0.132 e. The molecule has 0 saturated carbocycles. The van der Waals surface area contributed by atoms with Gasteiger partial charge in [-0.1, -0.05) is 49.8 Å². The van der Waals surface area contributed by atoms with E-state index < -0.39 is 0 Å². The molecule has 0 aliphatic heterocycles. The molecular formula is C24H29FO. The van der Waals surface area contributed by atoms with E-state index in [0.717, 1.165) is 11.1 Å². The Morgan fingerprint density at radius 2 is 1.69 bits per heavy atom. The zero-order chi connectivity index (χ0) is 19.4. The Balaban J connectivity index is 2.56. The molecule has 0 heterocycles. The van der Waals surface area contributed by atoms with Crippen LogP contribution in [0.4, 0.5) is 4.39 Å². The standard InChI is InChI=1S/C24H29FO/c1-15-11-21(14-22(25)12-15)18(4)19(5)24(13-17(3)20(6)26)23-10-8-7-9-16(23)2/h7-12,14,17-18H,13H2,1-6H3/b24-19+. The van der Waals surface area contributed by atoms with Crippen LogP contribution in [-0.4, -0.2) is 5.78 Å². The zero-order valence-corrected chi connectivity index (χ0v) is 16.7. The topological polar surface area (TPSA) is 17.1 Å². The summed E-state index contributed by atoms with van der Waals surface area (Å²) in [7, 11) is 0. The molecule has 2 heteroatoms. The first-order valence-corrected chi connectivity index (χ1v) is 9.24. The average molecular weight is 352 g/mol. The Kier molecular flexibility index (Phi) is 6.52. The first kappa shape index (κ1) is 20.1. The van der Waals surface area contributed by atoms with Gasteiger partial charge in [-0.15, -0.1) is 0 Å². The number of aryl methyl sites for hydroxylation is 2. The summed E-state index contributed by atoms with van der Waals surface area (Å²) in [5.74, 6) is 0.0338. The molecule has 0 bridgehead atoms. The van der Waals surface area contributed by atoms with Crippen LogP contribution in [-0.2, 0) is 4.79 Å². The first-order chi connectivity index (χ1) is 12.2. The number of carbonyl (C=O) groups is 1. The van der Waals surface area contributed by atoms with Crippen molar-refractivity contribution in [2.24, 2.45) is 5.92 Å². The third-order valence-electron chi connectivity index (χ3n) is 5.36. The number of allylic oxidation sites excluding steroid dienone is 2. The summed E-state index contributed by atoms with van der Waals surface area (Å²) in [4.78, 5) is 11.9. The molecular weight excluding hydrogens is 323 g/mol. The summed E-state index contributed by atoms with van der Waals surface area (Å²) < 4.78 is 13.9. The molecule has 2 rings (SSSR count). The number of ketones is 1. The van der Waals surface area contributed by atoms with Crippen molar-refractivity contribution in [1.82, 2.24) is 0 Å². The van der Waals surface area contributed by atoms with E-state index in [-0.39, 0.29) is 23.4 Å². The maximum absolute atomic E-state index is 13.9. The van der Waals surface area contributed by atoms with Crippen LogP contribution in [0.5, 0.6) is 0 Å². The highest BCUT2D eigenvalue weighted by molar-refractivity contribution is 5.82. The Morgan fingerprint density at radius 3 is 2.27 bits per heavy atom. The van der Waals surface area contributed by atoms with Crippen molar-refractivity contribution < 1.29 is 9.18 Å². The summed E-state index contributed by atoms with van der Waals surface area (Å²) >= 11 is 0. The van der Waals surface area contributed by atoms with Crippen LogP contribution in [0.25, 0.3) is 5.57 Å². The average Bonchev–Trinajstić information content (AvgIpc) is 2.58. The fourth-order valence-corrected chi connectivity index (χ4v) is 3.37. The van der Waals surface area contributed by atoms with Crippen molar-refractivity contribution in [2.45, 2.75) is 53.9 Å². The number of rotatable bonds is 6. The molecule has 2 unspecified atom stereocenters. The number of Topliss-reactive ketones (excluding diaryl/α,β-unsaturated/α-hetero) is 1. The molecule has 0 spiro atoms. The summed E-state index contributed by atoms with van der Waals surface area (Å²) in [5, 5.41) is 0. The second kappa shape index (κ2) is 8.44. The van der Waals surface area contributed by atoms with E-state index in [4.69, 9.17) is 0 Å². The van der Waals surface area contributed by atoms with Crippen molar-refractivity contribution in [3.05, 3.63) is 76.1 Å². The van der Waals surface area contributed by atoms with Gasteiger partial charge >= 0.3 is 0 Å². The van der Waals surface area contributed by atoms with E-state index >= 15 is 0 Å². The molecule has 0 aliphatic carbocycles. The highest BCUT2D eigenvalue weighted by Gasteiger charge is 2.19. The number of hydrogen-bond acceptors (Lipinski definition) is 1. The third kappa shape index (κ3) is 4.69. The molecule has 2 atom stereocenters. The van der Waals surface area contributed by atoms with Crippen LogP contribution >= 0.6 is 0 Å². The molecule has 0 aromatic heterocycles. The minimum absolute atomic E-state index is 0.0407. The largest absolute Gasteiger partial charge is 0.300 e. The molecule has 0 radical (unpaired) electrons. The lowest BCUT2D eigenvalue weighted by atomic mass is 9.82. The molecule has 0 aliphatic rings. The molecule has 2 aromatic carbocycles. The van der Waals surface area contributed by atoms with Crippen molar-refractivity contribution in [2.75, 3.05) is 0 Å². The van der Waals surface area contributed by atoms with E-state index in [1.807, 2.05) is 32.0 Å². The molecule has 0 saturated heterocycles. The number of benzene rings is 2. The van der Waals surface area contributed by atoms with E-state index in [9.17, 15) is 9.18 Å². The van der Waals surface area contributed by atoms with Crippen LogP contribution in [0.1, 0.15) is 62.3 Å². The van der Waals surface area contributed by atoms with E-state index in [1.165, 1.54) is 22.3 Å². The van der Waals surface area contributed by atoms with Crippen molar-refractivity contribution in [3.63, 3.8) is 0 Å². The molecule has 1 nitrogen and oxygen atoms in total. The van der Waals surface area contributed by atoms with E-state index in [0.29, 0.717) is 6.42 Å². The van der Waals surface area contributed by atoms with Gasteiger partial charge in [0, 0.05) is 11.8 Å². The van der Waals surface area contributed by atoms with Gasteiger partial charge in [-0.25, -0.2) is 4.39 Å². The van der Waals surface area contributed by atoms with Crippen LogP contribution in [0.15, 0.2) is 48.0 Å². The molecule has 0 fully saturated rings. The summed E-state index contributed by atoms with van der Waals surface area (Å²) in [6.07, 6.45) is 0.699. The Hall–Kier alpha value is -2.22. The Bertz CT molecular complexity index is 812. The predicted molar refractivity (Wildman–Crippen MR) is 108 cm³/mol. The molecule has 0 N–H and O–H groups in total. The van der Waals surface area contributed by atoms with Gasteiger partial charge in [-0.3, -0.25) is 4.79 Å².